The molecule has 1 atom stereocenters. The molecule has 1 unspecified atom stereocenters. The Morgan fingerprint density at radius 1 is 0.970 bits per heavy atom. The van der Waals surface area contributed by atoms with Gasteiger partial charge >= 0.3 is 0 Å². The molecule has 0 bridgehead atoms. The van der Waals surface area contributed by atoms with E-state index < -0.39 is 6.04 Å². The monoisotopic (exact) mass is 453 g/mol. The number of carbonyl (C=O) groups is 2. The summed E-state index contributed by atoms with van der Waals surface area (Å²) in [5.41, 5.74) is 2.27. The van der Waals surface area contributed by atoms with Gasteiger partial charge in [0.15, 0.2) is 11.5 Å². The molecule has 0 spiro atoms. The number of rotatable bonds is 11. The number of hydrogen-bond acceptors (Lipinski definition) is 5. The number of benzene rings is 2. The molecule has 2 N–H and O–H groups in total. The fourth-order valence-corrected chi connectivity index (χ4v) is 3.98. The SMILES string of the molecule is CCCC(NC(=O)c1ccc(OCC)c(OCC)c1)C(=O)Nc1cccc(N2CCCC2)c1. The van der Waals surface area contributed by atoms with Crippen molar-refractivity contribution < 1.29 is 19.1 Å². The Bertz CT molecular complexity index is 941. The first-order chi connectivity index (χ1) is 16.0. The molecule has 2 amide bonds. The zero-order chi connectivity index (χ0) is 23.6. The predicted molar refractivity (Wildman–Crippen MR) is 131 cm³/mol. The van der Waals surface area contributed by atoms with Gasteiger partial charge in [0.1, 0.15) is 6.04 Å². The van der Waals surface area contributed by atoms with Crippen LogP contribution in [0.2, 0.25) is 0 Å². The minimum absolute atomic E-state index is 0.222. The van der Waals surface area contributed by atoms with E-state index in [-0.39, 0.29) is 11.8 Å². The average molecular weight is 454 g/mol. The molecular weight excluding hydrogens is 418 g/mol. The smallest absolute Gasteiger partial charge is 0.252 e. The molecule has 1 aliphatic rings. The van der Waals surface area contributed by atoms with Crippen LogP contribution in [0.5, 0.6) is 11.5 Å². The highest BCUT2D eigenvalue weighted by Crippen LogP contribution is 2.29. The van der Waals surface area contributed by atoms with Crippen molar-refractivity contribution in [1.82, 2.24) is 5.32 Å². The van der Waals surface area contributed by atoms with Crippen molar-refractivity contribution in [3.05, 3.63) is 48.0 Å². The minimum atomic E-state index is -0.639. The summed E-state index contributed by atoms with van der Waals surface area (Å²) in [4.78, 5) is 28.3. The summed E-state index contributed by atoms with van der Waals surface area (Å²) < 4.78 is 11.2. The van der Waals surface area contributed by atoms with Gasteiger partial charge in [-0.3, -0.25) is 9.59 Å². The Morgan fingerprint density at radius 2 is 1.70 bits per heavy atom. The molecule has 7 heteroatoms. The molecule has 1 saturated heterocycles. The highest BCUT2D eigenvalue weighted by molar-refractivity contribution is 6.01. The first kappa shape index (κ1) is 24.4. The fraction of sp³-hybridized carbons (Fsp3) is 0.462. The van der Waals surface area contributed by atoms with Gasteiger partial charge in [-0.05, 0) is 69.5 Å². The van der Waals surface area contributed by atoms with Crippen LogP contribution in [0.3, 0.4) is 0 Å². The predicted octanol–water partition coefficient (Wildman–Crippen LogP) is 4.62. The summed E-state index contributed by atoms with van der Waals surface area (Å²) >= 11 is 0. The largest absolute Gasteiger partial charge is 0.490 e. The molecule has 1 heterocycles. The molecular formula is C26H35N3O4. The second kappa shape index (κ2) is 12.1. The summed E-state index contributed by atoms with van der Waals surface area (Å²) in [7, 11) is 0. The van der Waals surface area contributed by atoms with Crippen LogP contribution in [-0.2, 0) is 4.79 Å². The van der Waals surface area contributed by atoms with Crippen molar-refractivity contribution in [2.45, 2.75) is 52.5 Å². The third kappa shape index (κ3) is 6.63. The third-order valence-corrected chi connectivity index (χ3v) is 5.59. The lowest BCUT2D eigenvalue weighted by Crippen LogP contribution is -2.43. The normalized spacial score (nSPS) is 14.0. The van der Waals surface area contributed by atoms with Crippen molar-refractivity contribution in [2.75, 3.05) is 36.5 Å². The van der Waals surface area contributed by atoms with Gasteiger partial charge in [0, 0.05) is 30.0 Å². The van der Waals surface area contributed by atoms with Crippen LogP contribution in [0.25, 0.3) is 0 Å². The van der Waals surface area contributed by atoms with Crippen LogP contribution in [0.4, 0.5) is 11.4 Å². The quantitative estimate of drug-likeness (QED) is 0.519. The number of anilines is 2. The lowest BCUT2D eigenvalue weighted by Gasteiger charge is -2.21. The molecule has 0 radical (unpaired) electrons. The Morgan fingerprint density at radius 3 is 2.39 bits per heavy atom. The van der Waals surface area contributed by atoms with E-state index in [4.69, 9.17) is 9.47 Å². The van der Waals surface area contributed by atoms with Crippen molar-refractivity contribution in [3.8, 4) is 11.5 Å². The Hall–Kier alpha value is -3.22. The number of carbonyl (C=O) groups excluding carboxylic acids is 2. The zero-order valence-corrected chi connectivity index (χ0v) is 19.9. The van der Waals surface area contributed by atoms with Crippen LogP contribution in [-0.4, -0.2) is 44.2 Å². The van der Waals surface area contributed by atoms with Crippen molar-refractivity contribution in [3.63, 3.8) is 0 Å². The molecule has 0 aliphatic carbocycles. The maximum absolute atomic E-state index is 13.0. The first-order valence-corrected chi connectivity index (χ1v) is 11.9. The molecule has 2 aromatic rings. The molecule has 1 aliphatic heterocycles. The topological polar surface area (TPSA) is 79.9 Å². The number of amides is 2. The second-order valence-corrected chi connectivity index (χ2v) is 8.08. The van der Waals surface area contributed by atoms with E-state index in [2.05, 4.69) is 21.6 Å². The number of nitrogens with one attached hydrogen (secondary N) is 2. The van der Waals surface area contributed by atoms with Gasteiger partial charge in [-0.15, -0.1) is 0 Å². The lowest BCUT2D eigenvalue weighted by atomic mass is 10.1. The fourth-order valence-electron chi connectivity index (χ4n) is 3.98. The van der Waals surface area contributed by atoms with Crippen molar-refractivity contribution in [1.29, 1.82) is 0 Å². The maximum atomic E-state index is 13.0. The number of ether oxygens (including phenoxy) is 2. The van der Waals surface area contributed by atoms with Crippen LogP contribution < -0.4 is 25.0 Å². The van der Waals surface area contributed by atoms with Crippen LogP contribution in [0.15, 0.2) is 42.5 Å². The maximum Gasteiger partial charge on any atom is 0.252 e. The molecule has 0 aromatic heterocycles. The van der Waals surface area contributed by atoms with Gasteiger partial charge in [0.25, 0.3) is 5.91 Å². The molecule has 2 aromatic carbocycles. The van der Waals surface area contributed by atoms with Crippen LogP contribution in [0.1, 0.15) is 56.8 Å². The molecule has 178 valence electrons. The van der Waals surface area contributed by atoms with Gasteiger partial charge in [-0.25, -0.2) is 0 Å². The van der Waals surface area contributed by atoms with E-state index in [1.807, 2.05) is 39.0 Å². The zero-order valence-electron chi connectivity index (χ0n) is 19.9. The van der Waals surface area contributed by atoms with Crippen molar-refractivity contribution >= 4 is 23.2 Å². The van der Waals surface area contributed by atoms with E-state index >= 15 is 0 Å². The number of hydrogen-bond donors (Lipinski definition) is 2. The summed E-state index contributed by atoms with van der Waals surface area (Å²) in [5, 5.41) is 5.87. The van der Waals surface area contributed by atoms with E-state index in [0.717, 1.165) is 30.9 Å². The van der Waals surface area contributed by atoms with E-state index in [0.29, 0.717) is 36.7 Å². The molecule has 3 rings (SSSR count). The molecule has 33 heavy (non-hydrogen) atoms. The van der Waals surface area contributed by atoms with E-state index in [9.17, 15) is 9.59 Å². The average Bonchev–Trinajstić information content (AvgIpc) is 3.35. The molecule has 0 saturated carbocycles. The van der Waals surface area contributed by atoms with Gasteiger partial charge in [0.05, 0.1) is 13.2 Å². The highest BCUT2D eigenvalue weighted by Gasteiger charge is 2.22. The summed E-state index contributed by atoms with van der Waals surface area (Å²) in [6, 6.07) is 12.3. The van der Waals surface area contributed by atoms with Gasteiger partial charge < -0.3 is 25.0 Å². The summed E-state index contributed by atoms with van der Waals surface area (Å²) in [6.45, 7) is 8.81. The Labute approximate surface area is 196 Å². The Kier molecular flexibility index (Phi) is 8.98. The number of nitrogens with zero attached hydrogens (tertiary/aromatic N) is 1. The second-order valence-electron chi connectivity index (χ2n) is 8.08. The van der Waals surface area contributed by atoms with Crippen LogP contribution >= 0.6 is 0 Å². The van der Waals surface area contributed by atoms with Gasteiger partial charge in [-0.2, -0.15) is 0 Å². The Balaban J connectivity index is 1.69. The van der Waals surface area contributed by atoms with Gasteiger partial charge in [0.2, 0.25) is 5.91 Å². The van der Waals surface area contributed by atoms with E-state index in [1.54, 1.807) is 18.2 Å². The van der Waals surface area contributed by atoms with E-state index in [1.165, 1.54) is 12.8 Å². The summed E-state index contributed by atoms with van der Waals surface area (Å²) in [6.07, 6.45) is 3.69. The summed E-state index contributed by atoms with van der Waals surface area (Å²) in [5.74, 6) is 0.567. The highest BCUT2D eigenvalue weighted by atomic mass is 16.5. The van der Waals surface area contributed by atoms with Gasteiger partial charge in [-0.1, -0.05) is 19.4 Å². The standard InChI is InChI=1S/C26H35N3O4/c1-4-10-22(26(31)27-20-11-9-12-21(18-20)29-15-7-8-16-29)28-25(30)19-13-14-23(32-5-2)24(17-19)33-6-3/h9,11-14,17-18,22H,4-8,10,15-16H2,1-3H3,(H,27,31)(H,28,30). The van der Waals surface area contributed by atoms with Crippen molar-refractivity contribution in [2.24, 2.45) is 0 Å². The van der Waals surface area contributed by atoms with Crippen LogP contribution in [0, 0.1) is 0 Å². The molecule has 1 fully saturated rings. The first-order valence-electron chi connectivity index (χ1n) is 11.9. The minimum Gasteiger partial charge on any atom is -0.490 e. The third-order valence-electron chi connectivity index (χ3n) is 5.59. The molecule has 7 nitrogen and oxygen atoms in total. The lowest BCUT2D eigenvalue weighted by molar-refractivity contribution is -0.118.